The Bertz CT molecular complexity index is 376. The summed E-state index contributed by atoms with van der Waals surface area (Å²) in [4.78, 5) is 11.4. The number of rotatable bonds is 8. The standard InChI is InChI=1S/C15H26N4/c1-3-8-16-9-14-10-17-11-15(18-14)19(4-2)12-13-6-5-7-13/h10-11,13,16H,3-9,12H2,1-2H3. The van der Waals surface area contributed by atoms with Crippen LogP contribution in [0, 0.1) is 5.92 Å². The topological polar surface area (TPSA) is 41.1 Å². The van der Waals surface area contributed by atoms with Crippen LogP contribution >= 0.6 is 0 Å². The summed E-state index contributed by atoms with van der Waals surface area (Å²) in [6.07, 6.45) is 9.06. The van der Waals surface area contributed by atoms with Crippen LogP contribution in [-0.4, -0.2) is 29.6 Å². The molecule has 1 aliphatic carbocycles. The van der Waals surface area contributed by atoms with E-state index in [1.54, 1.807) is 0 Å². The zero-order valence-corrected chi connectivity index (χ0v) is 12.2. The van der Waals surface area contributed by atoms with Gasteiger partial charge in [0.15, 0.2) is 0 Å². The summed E-state index contributed by atoms with van der Waals surface area (Å²) in [7, 11) is 0. The zero-order valence-electron chi connectivity index (χ0n) is 12.2. The van der Waals surface area contributed by atoms with Gasteiger partial charge in [-0.2, -0.15) is 0 Å². The summed E-state index contributed by atoms with van der Waals surface area (Å²) in [6.45, 7) is 8.37. The molecular weight excluding hydrogens is 236 g/mol. The first-order valence-electron chi connectivity index (χ1n) is 7.60. The molecule has 1 aromatic rings. The van der Waals surface area contributed by atoms with E-state index >= 15 is 0 Å². The van der Waals surface area contributed by atoms with Gasteiger partial charge in [-0.3, -0.25) is 4.98 Å². The summed E-state index contributed by atoms with van der Waals surface area (Å²) >= 11 is 0. The molecule has 0 unspecified atom stereocenters. The highest BCUT2D eigenvalue weighted by Crippen LogP contribution is 2.28. The first-order valence-corrected chi connectivity index (χ1v) is 7.60. The lowest BCUT2D eigenvalue weighted by Crippen LogP contribution is -2.33. The first kappa shape index (κ1) is 14.3. The number of nitrogens with one attached hydrogen (secondary N) is 1. The number of anilines is 1. The number of aromatic nitrogens is 2. The maximum absolute atomic E-state index is 4.73. The normalized spacial score (nSPS) is 15.3. The molecule has 2 rings (SSSR count). The van der Waals surface area contributed by atoms with E-state index in [1.165, 1.54) is 19.3 Å². The highest BCUT2D eigenvalue weighted by molar-refractivity contribution is 5.36. The molecule has 1 heterocycles. The SMILES string of the molecule is CCCNCc1cncc(N(CC)CC2CCC2)n1. The van der Waals surface area contributed by atoms with Crippen LogP contribution in [0.3, 0.4) is 0 Å². The second-order valence-corrected chi connectivity index (χ2v) is 5.38. The van der Waals surface area contributed by atoms with Crippen molar-refractivity contribution in [2.24, 2.45) is 5.92 Å². The maximum Gasteiger partial charge on any atom is 0.147 e. The third-order valence-electron chi connectivity index (χ3n) is 3.81. The van der Waals surface area contributed by atoms with Gasteiger partial charge in [0, 0.05) is 25.8 Å². The van der Waals surface area contributed by atoms with E-state index in [4.69, 9.17) is 4.98 Å². The fourth-order valence-corrected chi connectivity index (χ4v) is 2.40. The number of hydrogen-bond donors (Lipinski definition) is 1. The average molecular weight is 262 g/mol. The fourth-order valence-electron chi connectivity index (χ4n) is 2.40. The molecule has 0 aromatic carbocycles. The van der Waals surface area contributed by atoms with E-state index in [0.717, 1.165) is 50.0 Å². The summed E-state index contributed by atoms with van der Waals surface area (Å²) in [5.74, 6) is 1.90. The van der Waals surface area contributed by atoms with Gasteiger partial charge in [0.2, 0.25) is 0 Å². The molecule has 1 N–H and O–H groups in total. The molecule has 1 saturated carbocycles. The van der Waals surface area contributed by atoms with Crippen molar-refractivity contribution < 1.29 is 0 Å². The van der Waals surface area contributed by atoms with Gasteiger partial charge < -0.3 is 10.2 Å². The van der Waals surface area contributed by atoms with Crippen molar-refractivity contribution in [3.8, 4) is 0 Å². The summed E-state index contributed by atoms with van der Waals surface area (Å²) in [5, 5.41) is 3.38. The number of nitrogens with zero attached hydrogens (tertiary/aromatic N) is 3. The highest BCUT2D eigenvalue weighted by atomic mass is 15.2. The van der Waals surface area contributed by atoms with Crippen LogP contribution < -0.4 is 10.2 Å². The smallest absolute Gasteiger partial charge is 0.147 e. The minimum absolute atomic E-state index is 0.815. The molecule has 0 atom stereocenters. The molecule has 4 heteroatoms. The third-order valence-corrected chi connectivity index (χ3v) is 3.81. The molecule has 19 heavy (non-hydrogen) atoms. The Morgan fingerprint density at radius 1 is 1.32 bits per heavy atom. The van der Waals surface area contributed by atoms with Gasteiger partial charge >= 0.3 is 0 Å². The Morgan fingerprint density at radius 2 is 2.16 bits per heavy atom. The van der Waals surface area contributed by atoms with Gasteiger partial charge in [0.05, 0.1) is 11.9 Å². The molecule has 0 bridgehead atoms. The Morgan fingerprint density at radius 3 is 2.79 bits per heavy atom. The Labute approximate surface area is 116 Å². The Balaban J connectivity index is 1.94. The number of hydrogen-bond acceptors (Lipinski definition) is 4. The minimum atomic E-state index is 0.815. The van der Waals surface area contributed by atoms with Crippen LogP contribution in [0.1, 0.15) is 45.2 Å². The van der Waals surface area contributed by atoms with Crippen LogP contribution in [-0.2, 0) is 6.54 Å². The molecule has 0 radical (unpaired) electrons. The predicted molar refractivity (Wildman–Crippen MR) is 79.3 cm³/mol. The summed E-state index contributed by atoms with van der Waals surface area (Å²) in [6, 6.07) is 0. The highest BCUT2D eigenvalue weighted by Gasteiger charge is 2.20. The van der Waals surface area contributed by atoms with Crippen LogP contribution in [0.15, 0.2) is 12.4 Å². The van der Waals surface area contributed by atoms with Crippen LogP contribution in [0.25, 0.3) is 0 Å². The summed E-state index contributed by atoms with van der Waals surface area (Å²) < 4.78 is 0. The van der Waals surface area contributed by atoms with Crippen LogP contribution in [0.2, 0.25) is 0 Å². The Hall–Kier alpha value is -1.16. The molecule has 1 fully saturated rings. The van der Waals surface area contributed by atoms with E-state index in [-0.39, 0.29) is 0 Å². The Kier molecular flexibility index (Phi) is 5.58. The molecule has 0 aliphatic heterocycles. The van der Waals surface area contributed by atoms with Gasteiger partial charge in [-0.15, -0.1) is 0 Å². The van der Waals surface area contributed by atoms with Gasteiger partial charge in [0.25, 0.3) is 0 Å². The van der Waals surface area contributed by atoms with Crippen molar-refractivity contribution in [2.75, 3.05) is 24.5 Å². The molecule has 0 amide bonds. The van der Waals surface area contributed by atoms with E-state index in [2.05, 4.69) is 29.0 Å². The van der Waals surface area contributed by atoms with Gasteiger partial charge in [0.1, 0.15) is 5.82 Å². The predicted octanol–water partition coefficient (Wildman–Crippen LogP) is 2.60. The molecule has 1 aromatic heterocycles. The lowest BCUT2D eigenvalue weighted by Gasteiger charge is -2.32. The quantitative estimate of drug-likeness (QED) is 0.731. The lowest BCUT2D eigenvalue weighted by atomic mass is 9.85. The molecule has 0 saturated heterocycles. The van der Waals surface area contributed by atoms with Crippen molar-refractivity contribution >= 4 is 5.82 Å². The van der Waals surface area contributed by atoms with Gasteiger partial charge in [-0.25, -0.2) is 4.98 Å². The largest absolute Gasteiger partial charge is 0.355 e. The van der Waals surface area contributed by atoms with Crippen LogP contribution in [0.5, 0.6) is 0 Å². The molecular formula is C15H26N4. The third kappa shape index (κ3) is 4.16. The monoisotopic (exact) mass is 262 g/mol. The van der Waals surface area contributed by atoms with Crippen LogP contribution in [0.4, 0.5) is 5.82 Å². The van der Waals surface area contributed by atoms with Crippen molar-refractivity contribution in [2.45, 2.75) is 46.1 Å². The van der Waals surface area contributed by atoms with Gasteiger partial charge in [-0.05, 0) is 38.6 Å². The first-order chi connectivity index (χ1) is 9.33. The van der Waals surface area contributed by atoms with E-state index < -0.39 is 0 Å². The molecule has 4 nitrogen and oxygen atoms in total. The van der Waals surface area contributed by atoms with E-state index in [1.807, 2.05) is 12.4 Å². The van der Waals surface area contributed by atoms with Crippen molar-refractivity contribution in [1.82, 2.24) is 15.3 Å². The molecule has 0 spiro atoms. The van der Waals surface area contributed by atoms with Crippen molar-refractivity contribution in [3.05, 3.63) is 18.1 Å². The van der Waals surface area contributed by atoms with Crippen molar-refractivity contribution in [1.29, 1.82) is 0 Å². The average Bonchev–Trinajstić information content (AvgIpc) is 2.38. The van der Waals surface area contributed by atoms with E-state index in [0.29, 0.717) is 0 Å². The van der Waals surface area contributed by atoms with Crippen molar-refractivity contribution in [3.63, 3.8) is 0 Å². The lowest BCUT2D eigenvalue weighted by molar-refractivity contribution is 0.318. The van der Waals surface area contributed by atoms with Gasteiger partial charge in [-0.1, -0.05) is 13.3 Å². The second kappa shape index (κ2) is 7.43. The molecule has 1 aliphatic rings. The second-order valence-electron chi connectivity index (χ2n) is 5.38. The zero-order chi connectivity index (χ0) is 13.5. The van der Waals surface area contributed by atoms with E-state index in [9.17, 15) is 0 Å². The summed E-state index contributed by atoms with van der Waals surface area (Å²) in [5.41, 5.74) is 1.04. The maximum atomic E-state index is 4.73. The minimum Gasteiger partial charge on any atom is -0.355 e. The fraction of sp³-hybridized carbons (Fsp3) is 0.733. The molecule has 106 valence electrons.